The predicted molar refractivity (Wildman–Crippen MR) is 106 cm³/mol. The SMILES string of the molecule is Cc1ccc(C(=O)Nc2nc(-c3cccs3)c(-c3cccs3)s2)cn1. The van der Waals surface area contributed by atoms with Gasteiger partial charge in [0.05, 0.1) is 15.3 Å². The van der Waals surface area contributed by atoms with Gasteiger partial charge >= 0.3 is 0 Å². The number of thiophene rings is 2. The summed E-state index contributed by atoms with van der Waals surface area (Å²) in [5.41, 5.74) is 2.32. The second-order valence-corrected chi connectivity index (χ2v) is 8.19. The first-order valence-corrected chi connectivity index (χ1v) is 10.1. The number of hydrogen-bond acceptors (Lipinski definition) is 6. The smallest absolute Gasteiger partial charge is 0.259 e. The summed E-state index contributed by atoms with van der Waals surface area (Å²) >= 11 is 4.81. The van der Waals surface area contributed by atoms with Gasteiger partial charge in [0.2, 0.25) is 0 Å². The number of nitrogens with one attached hydrogen (secondary N) is 1. The summed E-state index contributed by atoms with van der Waals surface area (Å²) in [6.45, 7) is 1.89. The Morgan fingerprint density at radius 1 is 1.04 bits per heavy atom. The summed E-state index contributed by atoms with van der Waals surface area (Å²) in [4.78, 5) is 24.6. The van der Waals surface area contributed by atoms with Crippen LogP contribution >= 0.6 is 34.0 Å². The van der Waals surface area contributed by atoms with Crippen molar-refractivity contribution in [1.29, 1.82) is 0 Å². The first kappa shape index (κ1) is 16.1. The number of thiazole rings is 1. The highest BCUT2D eigenvalue weighted by Crippen LogP contribution is 2.42. The van der Waals surface area contributed by atoms with Crippen LogP contribution < -0.4 is 5.32 Å². The highest BCUT2D eigenvalue weighted by Gasteiger charge is 2.18. The van der Waals surface area contributed by atoms with Gasteiger partial charge in [-0.2, -0.15) is 0 Å². The Kier molecular flexibility index (Phi) is 4.44. The lowest BCUT2D eigenvalue weighted by atomic mass is 10.2. The highest BCUT2D eigenvalue weighted by atomic mass is 32.1. The van der Waals surface area contributed by atoms with Gasteiger partial charge in [-0.05, 0) is 41.9 Å². The second-order valence-electron chi connectivity index (χ2n) is 5.29. The molecule has 0 radical (unpaired) electrons. The molecule has 0 unspecified atom stereocenters. The molecule has 4 heterocycles. The average molecular weight is 384 g/mol. The number of anilines is 1. The molecule has 124 valence electrons. The first-order chi connectivity index (χ1) is 12.2. The number of pyridine rings is 1. The van der Waals surface area contributed by atoms with Gasteiger partial charge in [-0.1, -0.05) is 23.5 Å². The van der Waals surface area contributed by atoms with E-state index >= 15 is 0 Å². The lowest BCUT2D eigenvalue weighted by Gasteiger charge is -2.01. The van der Waals surface area contributed by atoms with Crippen LogP contribution in [0.4, 0.5) is 5.13 Å². The van der Waals surface area contributed by atoms with Crippen LogP contribution in [0, 0.1) is 6.92 Å². The minimum absolute atomic E-state index is 0.197. The molecule has 0 bridgehead atoms. The second kappa shape index (κ2) is 6.87. The van der Waals surface area contributed by atoms with Gasteiger partial charge in [0, 0.05) is 16.8 Å². The number of carbonyl (C=O) groups is 1. The maximum absolute atomic E-state index is 12.4. The lowest BCUT2D eigenvalue weighted by molar-refractivity contribution is 0.102. The normalized spacial score (nSPS) is 10.8. The fraction of sp³-hybridized carbons (Fsp3) is 0.0556. The number of aromatic nitrogens is 2. The van der Waals surface area contributed by atoms with Crippen molar-refractivity contribution in [2.45, 2.75) is 6.92 Å². The quantitative estimate of drug-likeness (QED) is 0.502. The van der Waals surface area contributed by atoms with E-state index in [1.807, 2.05) is 41.9 Å². The molecule has 25 heavy (non-hydrogen) atoms. The van der Waals surface area contributed by atoms with Crippen LogP contribution in [0.15, 0.2) is 53.4 Å². The Labute approximate surface area is 156 Å². The van der Waals surface area contributed by atoms with Crippen LogP contribution in [0.1, 0.15) is 16.1 Å². The number of aryl methyl sites for hydroxylation is 1. The van der Waals surface area contributed by atoms with E-state index in [-0.39, 0.29) is 5.91 Å². The van der Waals surface area contributed by atoms with Crippen molar-refractivity contribution < 1.29 is 4.79 Å². The van der Waals surface area contributed by atoms with Gasteiger partial charge in [0.15, 0.2) is 5.13 Å². The Morgan fingerprint density at radius 2 is 1.80 bits per heavy atom. The van der Waals surface area contributed by atoms with Gasteiger partial charge in [-0.25, -0.2) is 4.98 Å². The molecule has 7 heteroatoms. The van der Waals surface area contributed by atoms with Crippen molar-refractivity contribution in [3.63, 3.8) is 0 Å². The van der Waals surface area contributed by atoms with E-state index < -0.39 is 0 Å². The number of nitrogens with zero attached hydrogens (tertiary/aromatic N) is 2. The van der Waals surface area contributed by atoms with E-state index in [2.05, 4.69) is 21.4 Å². The van der Waals surface area contributed by atoms with Crippen molar-refractivity contribution in [3.05, 3.63) is 64.6 Å². The maximum Gasteiger partial charge on any atom is 0.259 e. The van der Waals surface area contributed by atoms with E-state index in [1.54, 1.807) is 34.9 Å². The van der Waals surface area contributed by atoms with Crippen LogP contribution in [0.25, 0.3) is 20.3 Å². The average Bonchev–Trinajstić information content (AvgIpc) is 3.36. The molecule has 4 aromatic heterocycles. The maximum atomic E-state index is 12.4. The van der Waals surface area contributed by atoms with Crippen molar-refractivity contribution in [2.24, 2.45) is 0 Å². The Hall–Kier alpha value is -2.35. The van der Waals surface area contributed by atoms with Crippen LogP contribution in [0.3, 0.4) is 0 Å². The molecule has 1 amide bonds. The highest BCUT2D eigenvalue weighted by molar-refractivity contribution is 7.24. The third-order valence-electron chi connectivity index (χ3n) is 3.52. The predicted octanol–water partition coefficient (Wildman–Crippen LogP) is 5.56. The largest absolute Gasteiger partial charge is 0.298 e. The molecule has 0 spiro atoms. The van der Waals surface area contributed by atoms with Crippen molar-refractivity contribution >= 4 is 45.0 Å². The van der Waals surface area contributed by atoms with Gasteiger partial charge in [-0.3, -0.25) is 15.1 Å². The summed E-state index contributed by atoms with van der Waals surface area (Å²) in [5.74, 6) is -0.197. The molecule has 1 N–H and O–H groups in total. The number of rotatable bonds is 4. The topological polar surface area (TPSA) is 54.9 Å². The van der Waals surface area contributed by atoms with Crippen molar-refractivity contribution in [3.8, 4) is 20.3 Å². The molecule has 4 rings (SSSR count). The van der Waals surface area contributed by atoms with Crippen LogP contribution in [0.5, 0.6) is 0 Å². The van der Waals surface area contributed by atoms with Crippen molar-refractivity contribution in [1.82, 2.24) is 9.97 Å². The summed E-state index contributed by atoms with van der Waals surface area (Å²) in [6, 6.07) is 11.7. The van der Waals surface area contributed by atoms with Gasteiger partial charge in [0.1, 0.15) is 5.69 Å². The molecule has 4 nitrogen and oxygen atoms in total. The summed E-state index contributed by atoms with van der Waals surface area (Å²) < 4.78 is 0. The van der Waals surface area contributed by atoms with Crippen LogP contribution in [-0.4, -0.2) is 15.9 Å². The fourth-order valence-corrected chi connectivity index (χ4v) is 4.91. The zero-order valence-electron chi connectivity index (χ0n) is 13.2. The molecule has 0 saturated carbocycles. The molecule has 0 aliphatic heterocycles. The minimum Gasteiger partial charge on any atom is -0.298 e. The van der Waals surface area contributed by atoms with E-state index in [1.165, 1.54) is 11.3 Å². The summed E-state index contributed by atoms with van der Waals surface area (Å²) in [6.07, 6.45) is 1.58. The van der Waals surface area contributed by atoms with E-state index in [9.17, 15) is 4.79 Å². The lowest BCUT2D eigenvalue weighted by Crippen LogP contribution is -2.12. The molecular weight excluding hydrogens is 370 g/mol. The molecule has 0 saturated heterocycles. The van der Waals surface area contributed by atoms with E-state index in [0.29, 0.717) is 10.7 Å². The number of amides is 1. The number of hydrogen-bond donors (Lipinski definition) is 1. The molecule has 0 aliphatic carbocycles. The monoisotopic (exact) mass is 383 g/mol. The first-order valence-electron chi connectivity index (χ1n) is 7.53. The molecule has 0 atom stereocenters. The Morgan fingerprint density at radius 3 is 2.44 bits per heavy atom. The van der Waals surface area contributed by atoms with Gasteiger partial charge in [-0.15, -0.1) is 22.7 Å². The van der Waals surface area contributed by atoms with Crippen LogP contribution in [-0.2, 0) is 0 Å². The van der Waals surface area contributed by atoms with Gasteiger partial charge in [0.25, 0.3) is 5.91 Å². The van der Waals surface area contributed by atoms with Crippen molar-refractivity contribution in [2.75, 3.05) is 5.32 Å². The molecule has 0 aliphatic rings. The zero-order valence-corrected chi connectivity index (χ0v) is 15.7. The van der Waals surface area contributed by atoms with Gasteiger partial charge < -0.3 is 0 Å². The molecule has 0 fully saturated rings. The Balaban J connectivity index is 1.68. The third kappa shape index (κ3) is 3.39. The van der Waals surface area contributed by atoms with E-state index in [4.69, 9.17) is 0 Å². The number of carbonyl (C=O) groups excluding carboxylic acids is 1. The molecule has 4 aromatic rings. The fourth-order valence-electron chi connectivity index (χ4n) is 2.30. The standard InChI is InChI=1S/C18H13N3OS3/c1-11-6-7-12(10-19-11)17(22)21-18-20-15(13-4-2-8-23-13)16(25-18)14-5-3-9-24-14/h2-10H,1H3,(H,20,21,22). The Bertz CT molecular complexity index is 935. The molecular formula is C18H13N3OS3. The minimum atomic E-state index is -0.197. The summed E-state index contributed by atoms with van der Waals surface area (Å²) in [7, 11) is 0. The third-order valence-corrected chi connectivity index (χ3v) is 6.42. The summed E-state index contributed by atoms with van der Waals surface area (Å²) in [5, 5.41) is 7.57. The van der Waals surface area contributed by atoms with E-state index in [0.717, 1.165) is 26.0 Å². The molecule has 0 aromatic carbocycles. The van der Waals surface area contributed by atoms with Crippen LogP contribution in [0.2, 0.25) is 0 Å². The zero-order chi connectivity index (χ0) is 17.2.